The van der Waals surface area contributed by atoms with Crippen LogP contribution in [0.25, 0.3) is 0 Å². The fraction of sp³-hybridized carbons (Fsp3) is 0.700. The molecule has 0 spiro atoms. The Morgan fingerprint density at radius 3 is 1.55 bits per heavy atom. The molecule has 0 aliphatic heterocycles. The minimum Gasteiger partial charge on any atom is -0.504 e. The predicted molar refractivity (Wildman–Crippen MR) is 106 cm³/mol. The van der Waals surface area contributed by atoms with Gasteiger partial charge in [-0.15, -0.1) is 0 Å². The highest BCUT2D eigenvalue weighted by Crippen LogP contribution is 2.64. The van der Waals surface area contributed by atoms with Gasteiger partial charge < -0.3 is 9.84 Å². The van der Waals surface area contributed by atoms with Crippen molar-refractivity contribution in [2.24, 2.45) is 0 Å². The molecule has 0 aliphatic carbocycles. The van der Waals surface area contributed by atoms with E-state index in [0.717, 1.165) is 13.2 Å². The third-order valence-electron chi connectivity index (χ3n) is 5.37. The van der Waals surface area contributed by atoms with Crippen molar-refractivity contribution < 1.29 is 84.5 Å². The Morgan fingerprint density at radius 1 is 0.700 bits per heavy atom. The molecule has 2 nitrogen and oxygen atoms in total. The topological polar surface area (TPSA) is 29.5 Å². The first-order valence-electron chi connectivity index (χ1n) is 10.3. The van der Waals surface area contributed by atoms with E-state index in [4.69, 9.17) is 4.74 Å². The lowest BCUT2D eigenvalue weighted by molar-refractivity contribution is -0.461. The van der Waals surface area contributed by atoms with Gasteiger partial charge in [0.05, 0.1) is 7.11 Å². The number of methoxy groups -OCH3 is 1. The summed E-state index contributed by atoms with van der Waals surface area (Å²) in [5, 5.41) is 8.67. The van der Waals surface area contributed by atoms with Crippen molar-refractivity contribution in [3.63, 3.8) is 0 Å². The van der Waals surface area contributed by atoms with E-state index in [9.17, 15) is 79.7 Å². The molecule has 0 aliphatic rings. The van der Waals surface area contributed by atoms with Gasteiger partial charge in [-0.25, -0.2) is 0 Å². The first-order valence-corrected chi connectivity index (χ1v) is 11.3. The summed E-state index contributed by atoms with van der Waals surface area (Å²) in [6.07, 6.45) is -10.3. The Hall–Kier alpha value is -2.02. The number of ether oxygens (including phenoxy) is 1. The van der Waals surface area contributed by atoms with Crippen LogP contribution in [0, 0.1) is 0 Å². The van der Waals surface area contributed by atoms with Gasteiger partial charge in [-0.2, -0.15) is 86.4 Å². The fourth-order valence-electron chi connectivity index (χ4n) is 2.98. The molecular formula is C20H17F17O2S. The minimum atomic E-state index is -8.63. The largest absolute Gasteiger partial charge is 0.504 e. The van der Waals surface area contributed by atoms with Crippen LogP contribution >= 0.6 is 11.8 Å². The molecule has 1 atom stereocenters. The molecule has 40 heavy (non-hydrogen) atoms. The number of hydrogen-bond acceptors (Lipinski definition) is 3. The van der Waals surface area contributed by atoms with Crippen molar-refractivity contribution in [3.8, 4) is 11.5 Å². The van der Waals surface area contributed by atoms with Crippen molar-refractivity contribution in [2.45, 2.75) is 72.6 Å². The number of hydrogen-bond donors (Lipinski definition) is 1. The van der Waals surface area contributed by atoms with Gasteiger partial charge in [-0.05, 0) is 29.9 Å². The van der Waals surface area contributed by atoms with Gasteiger partial charge in [0.25, 0.3) is 0 Å². The smallest absolute Gasteiger partial charge is 0.460 e. The first-order chi connectivity index (χ1) is 17.6. The summed E-state index contributed by atoms with van der Waals surface area (Å²) in [6.45, 7) is 1.27. The molecule has 0 saturated carbocycles. The lowest BCUT2D eigenvalue weighted by Crippen LogP contribution is -2.74. The second-order valence-corrected chi connectivity index (χ2v) is 9.84. The summed E-state index contributed by atoms with van der Waals surface area (Å²) < 4.78 is 231. The van der Waals surface area contributed by atoms with Crippen LogP contribution in [0.1, 0.15) is 18.9 Å². The summed E-state index contributed by atoms with van der Waals surface area (Å²) in [7, 11) is 1.16. The SMILES string of the molecule is COc1cc(CC(C)SCCC(F)(F)C(F)(F)C(F)(F)C(F)(F)C(F)(F)C(F)(F)C(F)(F)C(F)(F)F)ccc1O. The summed E-state index contributed by atoms with van der Waals surface area (Å²) in [5.74, 6) is -57.8. The Bertz CT molecular complexity index is 1020. The Morgan fingerprint density at radius 2 is 1.12 bits per heavy atom. The van der Waals surface area contributed by atoms with Gasteiger partial charge in [0.1, 0.15) is 0 Å². The van der Waals surface area contributed by atoms with E-state index < -0.39 is 65.1 Å². The zero-order valence-corrected chi connectivity index (χ0v) is 20.4. The molecule has 1 rings (SSSR count). The summed E-state index contributed by atoms with van der Waals surface area (Å²) in [6, 6.07) is 3.71. The highest BCUT2D eigenvalue weighted by molar-refractivity contribution is 7.99. The van der Waals surface area contributed by atoms with E-state index >= 15 is 0 Å². The maximum absolute atomic E-state index is 14.0. The monoisotopic (exact) mass is 644 g/mol. The number of aromatic hydroxyl groups is 1. The molecule has 0 amide bonds. The maximum Gasteiger partial charge on any atom is 0.460 e. The van der Waals surface area contributed by atoms with Crippen molar-refractivity contribution in [1.29, 1.82) is 0 Å². The van der Waals surface area contributed by atoms with Crippen molar-refractivity contribution in [1.82, 2.24) is 0 Å². The number of benzene rings is 1. The standard InChI is InChI=1S/C20H17F17O2S/c1-9(7-10-3-4-11(38)12(8-10)39-2)40-6-5-13(21,22)14(23,24)15(25,26)16(27,28)17(29,30)18(31,32)19(33,34)20(35,36)37/h3-4,8-9,38H,5-7H2,1-2H3. The molecule has 1 aromatic rings. The van der Waals surface area contributed by atoms with Crippen LogP contribution in [-0.2, 0) is 6.42 Å². The third-order valence-corrected chi connectivity index (χ3v) is 6.55. The summed E-state index contributed by atoms with van der Waals surface area (Å²) >= 11 is 0.325. The number of rotatable bonds is 13. The first kappa shape index (κ1) is 36.0. The Balaban J connectivity index is 3.18. The van der Waals surface area contributed by atoms with Crippen molar-refractivity contribution in [3.05, 3.63) is 23.8 Å². The predicted octanol–water partition coefficient (Wildman–Crippen LogP) is 8.46. The summed E-state index contributed by atoms with van der Waals surface area (Å²) in [5.41, 5.74) is 0.358. The molecule has 1 unspecified atom stereocenters. The van der Waals surface area contributed by atoms with Gasteiger partial charge in [0.2, 0.25) is 0 Å². The van der Waals surface area contributed by atoms with E-state index in [1.165, 1.54) is 19.1 Å². The van der Waals surface area contributed by atoms with Gasteiger partial charge in [0.15, 0.2) is 11.5 Å². The second kappa shape index (κ2) is 11.0. The fourth-order valence-corrected chi connectivity index (χ4v) is 4.07. The number of alkyl halides is 17. The van der Waals surface area contributed by atoms with Gasteiger partial charge in [-0.1, -0.05) is 13.0 Å². The van der Waals surface area contributed by atoms with Crippen LogP contribution in [0.3, 0.4) is 0 Å². The van der Waals surface area contributed by atoms with E-state index in [1.54, 1.807) is 0 Å². The van der Waals surface area contributed by atoms with Crippen molar-refractivity contribution in [2.75, 3.05) is 12.9 Å². The van der Waals surface area contributed by atoms with Crippen LogP contribution in [0.5, 0.6) is 11.5 Å². The zero-order valence-electron chi connectivity index (χ0n) is 19.6. The third kappa shape index (κ3) is 5.82. The van der Waals surface area contributed by atoms with Crippen LogP contribution in [0.2, 0.25) is 0 Å². The van der Waals surface area contributed by atoms with Crippen molar-refractivity contribution >= 4 is 11.8 Å². The average molecular weight is 644 g/mol. The molecule has 0 aromatic heterocycles. The molecule has 20 heteroatoms. The normalized spacial score (nSPS) is 15.8. The number of phenols is 1. The maximum atomic E-state index is 14.0. The number of phenolic OH excluding ortho intramolecular Hbond substituents is 1. The number of halogens is 17. The molecule has 0 fully saturated rings. The second-order valence-electron chi connectivity index (χ2n) is 8.29. The van der Waals surface area contributed by atoms with E-state index in [-0.39, 0.29) is 17.9 Å². The lowest BCUT2D eigenvalue weighted by Gasteiger charge is -2.42. The average Bonchev–Trinajstić information content (AvgIpc) is 2.78. The highest BCUT2D eigenvalue weighted by atomic mass is 32.2. The molecule has 234 valence electrons. The zero-order chi connectivity index (χ0) is 32.0. The van der Waals surface area contributed by atoms with Gasteiger partial charge in [0, 0.05) is 11.7 Å². The van der Waals surface area contributed by atoms with E-state index in [0.29, 0.717) is 17.3 Å². The highest BCUT2D eigenvalue weighted by Gasteiger charge is 2.95. The van der Waals surface area contributed by atoms with E-state index in [2.05, 4.69) is 0 Å². The van der Waals surface area contributed by atoms with Gasteiger partial charge >= 0.3 is 47.6 Å². The van der Waals surface area contributed by atoms with Crippen LogP contribution in [0.15, 0.2) is 18.2 Å². The van der Waals surface area contributed by atoms with Crippen LogP contribution < -0.4 is 4.74 Å². The molecule has 0 bridgehead atoms. The molecule has 1 aromatic carbocycles. The molecule has 0 heterocycles. The molecular weight excluding hydrogens is 627 g/mol. The van der Waals surface area contributed by atoms with Crippen LogP contribution in [0.4, 0.5) is 74.6 Å². The molecule has 0 saturated heterocycles. The molecule has 0 radical (unpaired) electrons. The Labute approximate surface area is 217 Å². The summed E-state index contributed by atoms with van der Waals surface area (Å²) in [4.78, 5) is 0. The van der Waals surface area contributed by atoms with Gasteiger partial charge in [-0.3, -0.25) is 0 Å². The Kier molecular flexibility index (Phi) is 9.90. The number of thioether (sulfide) groups is 1. The van der Waals surface area contributed by atoms with E-state index in [1.807, 2.05) is 0 Å². The van der Waals surface area contributed by atoms with Crippen LogP contribution in [-0.4, -0.2) is 70.9 Å². The lowest BCUT2D eigenvalue weighted by atomic mass is 9.88. The minimum absolute atomic E-state index is 0.0422. The quantitative estimate of drug-likeness (QED) is 0.219. The molecule has 1 N–H and O–H groups in total.